The van der Waals surface area contributed by atoms with E-state index in [2.05, 4.69) is 59.1 Å². The van der Waals surface area contributed by atoms with Crippen LogP contribution >= 0.6 is 11.6 Å². The van der Waals surface area contributed by atoms with Gasteiger partial charge in [-0.3, -0.25) is 4.79 Å². The summed E-state index contributed by atoms with van der Waals surface area (Å²) in [5.41, 5.74) is 1.85. The van der Waals surface area contributed by atoms with Crippen LogP contribution in [0.2, 0.25) is 23.2 Å². The van der Waals surface area contributed by atoms with Gasteiger partial charge in [-0.15, -0.1) is 5.10 Å². The maximum Gasteiger partial charge on any atom is 0.435 e. The van der Waals surface area contributed by atoms with Crippen molar-refractivity contribution in [2.75, 3.05) is 42.4 Å². The minimum atomic E-state index is -1.91. The van der Waals surface area contributed by atoms with Crippen LogP contribution in [-0.2, 0) is 19.4 Å². The smallest absolute Gasteiger partial charge is 0.435 e. The zero-order valence-corrected chi connectivity index (χ0v) is 32.7. The van der Waals surface area contributed by atoms with Crippen molar-refractivity contribution in [2.45, 2.75) is 89.1 Å². The Morgan fingerprint density at radius 3 is 2.43 bits per heavy atom. The van der Waals surface area contributed by atoms with Crippen LogP contribution in [0.3, 0.4) is 0 Å². The molecule has 1 saturated carbocycles. The standard InChI is InChI=1S/C37H46ClN7O5Si/c1-35(2,3)49-34(47)45-28-15-21(26-17-37(26)25-16-22(48-8)12-14-27(25)43(7)33(37)46)11-13-24(28)30(42-45)41-31-29(38)32(40-20-39-31)44-18-23(19-44)50-51(9,10)36(4,5)6/h11-16,20,23,26H,17-19H2,1-10H3,(H,39,40,41,42)/t26-,37-/m0/s1. The third-order valence-electron chi connectivity index (χ3n) is 10.8. The predicted octanol–water partition coefficient (Wildman–Crippen LogP) is 7.63. The summed E-state index contributed by atoms with van der Waals surface area (Å²) in [7, 11) is 1.52. The summed E-state index contributed by atoms with van der Waals surface area (Å²) < 4.78 is 19.1. The van der Waals surface area contributed by atoms with Crippen LogP contribution in [0.1, 0.15) is 65.0 Å². The van der Waals surface area contributed by atoms with Crippen LogP contribution in [0.5, 0.6) is 5.75 Å². The second-order valence-electron chi connectivity index (χ2n) is 16.4. The number of nitrogens with one attached hydrogen (secondary N) is 1. The number of halogens is 1. The molecule has 7 rings (SSSR count). The maximum absolute atomic E-state index is 13.7. The molecular formula is C37H46ClN7O5Si. The summed E-state index contributed by atoms with van der Waals surface area (Å²) >= 11 is 6.93. The first-order chi connectivity index (χ1) is 23.8. The molecule has 0 bridgehead atoms. The van der Waals surface area contributed by atoms with Gasteiger partial charge in [0.1, 0.15) is 22.7 Å². The first kappa shape index (κ1) is 35.2. The van der Waals surface area contributed by atoms with Gasteiger partial charge >= 0.3 is 6.09 Å². The van der Waals surface area contributed by atoms with Crippen LogP contribution in [0.25, 0.3) is 10.9 Å². The number of rotatable bonds is 7. The fourth-order valence-corrected chi connectivity index (χ4v) is 8.56. The zero-order valence-electron chi connectivity index (χ0n) is 30.9. The molecule has 51 heavy (non-hydrogen) atoms. The monoisotopic (exact) mass is 731 g/mol. The Morgan fingerprint density at radius 1 is 1.04 bits per heavy atom. The molecule has 1 saturated heterocycles. The van der Waals surface area contributed by atoms with E-state index in [0.29, 0.717) is 58.6 Å². The van der Waals surface area contributed by atoms with E-state index in [1.165, 1.54) is 11.0 Å². The highest BCUT2D eigenvalue weighted by Gasteiger charge is 2.66. The molecule has 1 aliphatic carbocycles. The fourth-order valence-electron chi connectivity index (χ4n) is 6.96. The largest absolute Gasteiger partial charge is 0.497 e. The normalized spacial score (nSPS) is 20.5. The molecule has 1 N–H and O–H groups in total. The van der Waals surface area contributed by atoms with E-state index in [0.717, 1.165) is 16.8 Å². The SMILES string of the molecule is COc1ccc2c(c1)[C@]1(C[C@H]1c1ccc3c(Nc4ncnc(N5CC(O[Si](C)(C)C(C)(C)C)C5)c4Cl)nn(C(=O)OC(C)(C)C)c3c1)C(=O)N2C. The Balaban J connectivity index is 1.19. The molecule has 1 spiro atoms. The Morgan fingerprint density at radius 2 is 1.76 bits per heavy atom. The van der Waals surface area contributed by atoms with E-state index >= 15 is 0 Å². The number of aromatic nitrogens is 4. The van der Waals surface area contributed by atoms with E-state index in [1.54, 1.807) is 12.0 Å². The molecule has 12 nitrogen and oxygen atoms in total. The highest BCUT2D eigenvalue weighted by atomic mass is 35.5. The molecule has 2 fully saturated rings. The Bertz CT molecular complexity index is 2070. The van der Waals surface area contributed by atoms with E-state index in [1.807, 2.05) is 64.2 Å². The molecule has 270 valence electrons. The molecule has 3 aliphatic rings. The third kappa shape index (κ3) is 5.92. The van der Waals surface area contributed by atoms with Gasteiger partial charge < -0.3 is 29.0 Å². The van der Waals surface area contributed by atoms with E-state index in [-0.39, 0.29) is 23.0 Å². The van der Waals surface area contributed by atoms with Crippen molar-refractivity contribution < 1.29 is 23.5 Å². The van der Waals surface area contributed by atoms with Crippen LogP contribution in [0.4, 0.5) is 27.9 Å². The number of methoxy groups -OCH3 is 1. The molecule has 2 aromatic carbocycles. The number of hydrogen-bond donors (Lipinski definition) is 1. The van der Waals surface area contributed by atoms with E-state index < -0.39 is 25.4 Å². The van der Waals surface area contributed by atoms with Crippen LogP contribution in [-0.4, -0.2) is 79.0 Å². The predicted molar refractivity (Wildman–Crippen MR) is 201 cm³/mol. The minimum absolute atomic E-state index is 0.0492. The number of nitrogens with zero attached hydrogens (tertiary/aromatic N) is 6. The lowest BCUT2D eigenvalue weighted by molar-refractivity contribution is -0.120. The van der Waals surface area contributed by atoms with Gasteiger partial charge in [0.2, 0.25) is 5.91 Å². The molecule has 4 heterocycles. The molecule has 2 aliphatic heterocycles. The second-order valence-corrected chi connectivity index (χ2v) is 21.5. The summed E-state index contributed by atoms with van der Waals surface area (Å²) in [6.45, 7) is 18.0. The molecule has 1 amide bonds. The first-order valence-electron chi connectivity index (χ1n) is 17.3. The highest BCUT2D eigenvalue weighted by Crippen LogP contribution is 2.66. The van der Waals surface area contributed by atoms with Gasteiger partial charge in [0.05, 0.1) is 24.1 Å². The number of carbonyl (C=O) groups is 2. The van der Waals surface area contributed by atoms with Gasteiger partial charge in [-0.05, 0) is 86.8 Å². The average Bonchev–Trinajstić information content (AvgIpc) is 3.64. The van der Waals surface area contributed by atoms with Gasteiger partial charge in [-0.1, -0.05) is 38.4 Å². The van der Waals surface area contributed by atoms with Crippen molar-refractivity contribution in [2.24, 2.45) is 0 Å². The van der Waals surface area contributed by atoms with Crippen molar-refractivity contribution in [3.8, 4) is 5.75 Å². The fraction of sp³-hybridized carbons (Fsp3) is 0.486. The number of anilines is 4. The number of amides is 1. The number of carbonyl (C=O) groups excluding carboxylic acids is 2. The van der Waals surface area contributed by atoms with Gasteiger partial charge in [0.15, 0.2) is 25.8 Å². The third-order valence-corrected chi connectivity index (χ3v) is 15.7. The lowest BCUT2D eigenvalue weighted by atomic mass is 9.91. The lowest BCUT2D eigenvalue weighted by Gasteiger charge is -2.46. The van der Waals surface area contributed by atoms with Crippen molar-refractivity contribution >= 4 is 66.0 Å². The Hall–Kier alpha value is -4.20. The van der Waals surface area contributed by atoms with E-state index in [9.17, 15) is 9.59 Å². The van der Waals surface area contributed by atoms with Gasteiger partial charge in [0, 0.05) is 37.1 Å². The van der Waals surface area contributed by atoms with Crippen molar-refractivity contribution in [1.29, 1.82) is 0 Å². The average molecular weight is 732 g/mol. The maximum atomic E-state index is 13.7. The van der Waals surface area contributed by atoms with Crippen LogP contribution in [0.15, 0.2) is 42.7 Å². The summed E-state index contributed by atoms with van der Waals surface area (Å²) in [6, 6.07) is 11.6. The number of hydrogen-bond acceptors (Lipinski definition) is 10. The summed E-state index contributed by atoms with van der Waals surface area (Å²) in [4.78, 5) is 40.0. The molecule has 0 radical (unpaired) electrons. The summed E-state index contributed by atoms with van der Waals surface area (Å²) in [5, 5.41) is 9.08. The number of benzene rings is 2. The lowest BCUT2D eigenvalue weighted by Crippen LogP contribution is -2.58. The zero-order chi connectivity index (χ0) is 36.8. The molecule has 14 heteroatoms. The molecule has 2 atom stereocenters. The van der Waals surface area contributed by atoms with Gasteiger partial charge in [-0.2, -0.15) is 4.68 Å². The highest BCUT2D eigenvalue weighted by molar-refractivity contribution is 6.74. The first-order valence-corrected chi connectivity index (χ1v) is 20.6. The quantitative estimate of drug-likeness (QED) is 0.190. The molecule has 4 aromatic rings. The Kier molecular flexibility index (Phi) is 8.23. The van der Waals surface area contributed by atoms with E-state index in [4.69, 9.17) is 25.5 Å². The van der Waals surface area contributed by atoms with Crippen molar-refractivity contribution in [3.05, 3.63) is 58.9 Å². The molecular weight excluding hydrogens is 686 g/mol. The van der Waals surface area contributed by atoms with Crippen molar-refractivity contribution in [3.63, 3.8) is 0 Å². The summed E-state index contributed by atoms with van der Waals surface area (Å²) in [6.07, 6.45) is 1.59. The van der Waals surface area contributed by atoms with Crippen LogP contribution < -0.4 is 19.9 Å². The molecule has 0 unspecified atom stereocenters. The van der Waals surface area contributed by atoms with Crippen LogP contribution in [0, 0.1) is 0 Å². The topological polar surface area (TPSA) is 124 Å². The molecule has 2 aromatic heterocycles. The van der Waals surface area contributed by atoms with Crippen molar-refractivity contribution in [1.82, 2.24) is 19.7 Å². The van der Waals surface area contributed by atoms with Gasteiger partial charge in [-0.25, -0.2) is 14.8 Å². The Labute approximate surface area is 304 Å². The van der Waals surface area contributed by atoms with Gasteiger partial charge in [0.25, 0.3) is 0 Å². The minimum Gasteiger partial charge on any atom is -0.497 e. The number of likely N-dealkylation sites (N-methyl/N-ethyl adjacent to an activating group) is 1. The number of ether oxygens (including phenoxy) is 2. The second kappa shape index (κ2) is 11.9. The number of fused-ring (bicyclic) bond motifs is 3. The summed E-state index contributed by atoms with van der Waals surface area (Å²) in [5.74, 6) is 2.01.